The first-order valence-electron chi connectivity index (χ1n) is 8.89. The van der Waals surface area contributed by atoms with Crippen LogP contribution < -0.4 is 4.74 Å². The molecule has 2 aliphatic rings. The average Bonchev–Trinajstić information content (AvgIpc) is 3.40. The molecule has 0 N–H and O–H groups in total. The molecule has 0 spiro atoms. The van der Waals surface area contributed by atoms with E-state index >= 15 is 0 Å². The predicted molar refractivity (Wildman–Crippen MR) is 96.4 cm³/mol. The highest BCUT2D eigenvalue weighted by atomic mass is 35.5. The molecule has 1 aliphatic heterocycles. The van der Waals surface area contributed by atoms with Crippen molar-refractivity contribution in [3.05, 3.63) is 28.8 Å². The summed E-state index contributed by atoms with van der Waals surface area (Å²) in [4.78, 5) is 16.8. The van der Waals surface area contributed by atoms with Gasteiger partial charge in [-0.2, -0.15) is 0 Å². The molecule has 1 atom stereocenters. The van der Waals surface area contributed by atoms with Crippen molar-refractivity contribution >= 4 is 17.5 Å². The fraction of sp³-hybridized carbons (Fsp3) is 0.632. The minimum atomic E-state index is 0.328. The molecule has 24 heavy (non-hydrogen) atoms. The molecule has 132 valence electrons. The molecule has 1 amide bonds. The van der Waals surface area contributed by atoms with Gasteiger partial charge in [0.1, 0.15) is 5.75 Å². The smallest absolute Gasteiger partial charge is 0.222 e. The Kier molecular flexibility index (Phi) is 5.67. The fourth-order valence-electron chi connectivity index (χ4n) is 3.50. The van der Waals surface area contributed by atoms with Crippen LogP contribution in [0.25, 0.3) is 0 Å². The van der Waals surface area contributed by atoms with Crippen LogP contribution >= 0.6 is 11.6 Å². The number of methoxy groups -OCH3 is 1. The summed E-state index contributed by atoms with van der Waals surface area (Å²) in [6, 6.07) is 5.73. The molecule has 0 aromatic heterocycles. The summed E-state index contributed by atoms with van der Waals surface area (Å²) in [7, 11) is 1.68. The lowest BCUT2D eigenvalue weighted by Crippen LogP contribution is -2.48. The van der Waals surface area contributed by atoms with E-state index in [0.29, 0.717) is 18.2 Å². The van der Waals surface area contributed by atoms with Crippen molar-refractivity contribution in [2.75, 3.05) is 33.3 Å². The molecule has 0 bridgehead atoms. The third-order valence-electron chi connectivity index (χ3n) is 5.28. The van der Waals surface area contributed by atoms with Gasteiger partial charge in [0.15, 0.2) is 0 Å². The van der Waals surface area contributed by atoms with Crippen molar-refractivity contribution in [1.82, 2.24) is 9.80 Å². The van der Waals surface area contributed by atoms with Gasteiger partial charge in [-0.15, -0.1) is 0 Å². The fourth-order valence-corrected chi connectivity index (χ4v) is 3.70. The van der Waals surface area contributed by atoms with Crippen molar-refractivity contribution in [1.29, 1.82) is 0 Å². The number of ether oxygens (including phenoxy) is 1. The highest BCUT2D eigenvalue weighted by Gasteiger charge is 2.31. The lowest BCUT2D eigenvalue weighted by molar-refractivity contribution is -0.134. The minimum Gasteiger partial charge on any atom is -0.496 e. The summed E-state index contributed by atoms with van der Waals surface area (Å²) in [6.07, 6.45) is 3.33. The Balaban J connectivity index is 1.50. The lowest BCUT2D eigenvalue weighted by atomic mass is 10.0. The number of rotatable bonds is 6. The minimum absolute atomic E-state index is 0.328. The number of carbonyl (C=O) groups is 1. The van der Waals surface area contributed by atoms with Gasteiger partial charge < -0.3 is 9.64 Å². The first-order chi connectivity index (χ1) is 11.6. The molecule has 1 heterocycles. The van der Waals surface area contributed by atoms with Crippen molar-refractivity contribution < 1.29 is 9.53 Å². The molecule has 4 nitrogen and oxygen atoms in total. The van der Waals surface area contributed by atoms with Crippen molar-refractivity contribution in [2.24, 2.45) is 11.8 Å². The van der Waals surface area contributed by atoms with Crippen molar-refractivity contribution in [3.63, 3.8) is 0 Å². The SMILES string of the molecule is COc1ccc(Cl)cc1CN1CCN(C(=O)CC(C)C2CC2)CC1. The number of hydrogen-bond donors (Lipinski definition) is 0. The van der Waals surface area contributed by atoms with Crippen LogP contribution in [0.3, 0.4) is 0 Å². The van der Waals surface area contributed by atoms with E-state index in [0.717, 1.165) is 55.0 Å². The maximum absolute atomic E-state index is 12.4. The first kappa shape index (κ1) is 17.6. The second-order valence-corrected chi connectivity index (χ2v) is 7.57. The van der Waals surface area contributed by atoms with Crippen LogP contribution in [0, 0.1) is 11.8 Å². The zero-order chi connectivity index (χ0) is 17.1. The van der Waals surface area contributed by atoms with E-state index in [9.17, 15) is 4.79 Å². The van der Waals surface area contributed by atoms with Crippen LogP contribution in [0.1, 0.15) is 31.7 Å². The van der Waals surface area contributed by atoms with E-state index in [-0.39, 0.29) is 0 Å². The van der Waals surface area contributed by atoms with Crippen molar-refractivity contribution in [2.45, 2.75) is 32.7 Å². The summed E-state index contributed by atoms with van der Waals surface area (Å²) in [5.41, 5.74) is 1.10. The lowest BCUT2D eigenvalue weighted by Gasteiger charge is -2.35. The predicted octanol–water partition coefficient (Wildman–Crippen LogP) is 3.43. The molecule has 1 aliphatic carbocycles. The quantitative estimate of drug-likeness (QED) is 0.788. The number of benzene rings is 1. The van der Waals surface area contributed by atoms with Gasteiger partial charge in [-0.25, -0.2) is 0 Å². The molecule has 2 fully saturated rings. The molecule has 1 aromatic rings. The number of carbonyl (C=O) groups excluding carboxylic acids is 1. The second kappa shape index (κ2) is 7.75. The van der Waals surface area contributed by atoms with E-state index in [1.807, 2.05) is 23.1 Å². The molecule has 1 aromatic carbocycles. The zero-order valence-corrected chi connectivity index (χ0v) is 15.4. The Morgan fingerprint density at radius 2 is 2.00 bits per heavy atom. The summed E-state index contributed by atoms with van der Waals surface area (Å²) < 4.78 is 5.42. The van der Waals surface area contributed by atoms with Crippen molar-refractivity contribution in [3.8, 4) is 5.75 Å². The maximum atomic E-state index is 12.4. The number of nitrogens with zero attached hydrogens (tertiary/aromatic N) is 2. The van der Waals surface area contributed by atoms with E-state index < -0.39 is 0 Å². The van der Waals surface area contributed by atoms with Gasteiger partial charge in [-0.3, -0.25) is 9.69 Å². The highest BCUT2D eigenvalue weighted by Crippen LogP contribution is 2.38. The average molecular weight is 351 g/mol. The first-order valence-corrected chi connectivity index (χ1v) is 9.27. The largest absolute Gasteiger partial charge is 0.496 e. The summed E-state index contributed by atoms with van der Waals surface area (Å²) in [5, 5.41) is 0.730. The second-order valence-electron chi connectivity index (χ2n) is 7.13. The molecule has 1 unspecified atom stereocenters. The van der Waals surface area contributed by atoms with Crippen LogP contribution in [-0.2, 0) is 11.3 Å². The van der Waals surface area contributed by atoms with Crippen LogP contribution in [0.2, 0.25) is 5.02 Å². The van der Waals surface area contributed by atoms with E-state index in [2.05, 4.69) is 11.8 Å². The normalized spacial score (nSPS) is 20.0. The number of halogens is 1. The van der Waals surface area contributed by atoms with Crippen LogP contribution in [0.5, 0.6) is 5.75 Å². The Morgan fingerprint density at radius 3 is 2.62 bits per heavy atom. The van der Waals surface area contributed by atoms with Gasteiger partial charge in [0, 0.05) is 49.7 Å². The van der Waals surface area contributed by atoms with Crippen LogP contribution in [0.15, 0.2) is 18.2 Å². The molecular formula is C19H27ClN2O2. The number of piperazine rings is 1. The zero-order valence-electron chi connectivity index (χ0n) is 14.6. The summed E-state index contributed by atoms with van der Waals surface area (Å²) in [6.45, 7) is 6.47. The van der Waals surface area contributed by atoms with Gasteiger partial charge in [0.05, 0.1) is 7.11 Å². The Labute approximate surface area is 149 Å². The number of hydrogen-bond acceptors (Lipinski definition) is 3. The topological polar surface area (TPSA) is 32.8 Å². The maximum Gasteiger partial charge on any atom is 0.222 e. The summed E-state index contributed by atoms with van der Waals surface area (Å²) in [5.74, 6) is 2.54. The monoisotopic (exact) mass is 350 g/mol. The number of amides is 1. The Morgan fingerprint density at radius 1 is 1.29 bits per heavy atom. The van der Waals surface area contributed by atoms with Crippen LogP contribution in [-0.4, -0.2) is 49.0 Å². The third-order valence-corrected chi connectivity index (χ3v) is 5.52. The van der Waals surface area contributed by atoms with E-state index in [4.69, 9.17) is 16.3 Å². The van der Waals surface area contributed by atoms with Gasteiger partial charge in [-0.05, 0) is 42.9 Å². The third kappa shape index (κ3) is 4.42. The molecule has 1 saturated carbocycles. The summed E-state index contributed by atoms with van der Waals surface area (Å²) >= 11 is 6.11. The van der Waals surface area contributed by atoms with Crippen LogP contribution in [0.4, 0.5) is 0 Å². The molecule has 3 rings (SSSR count). The van der Waals surface area contributed by atoms with E-state index in [1.165, 1.54) is 12.8 Å². The van der Waals surface area contributed by atoms with Gasteiger partial charge in [0.25, 0.3) is 0 Å². The Hall–Kier alpha value is -1.26. The van der Waals surface area contributed by atoms with E-state index in [1.54, 1.807) is 7.11 Å². The van der Waals surface area contributed by atoms with Gasteiger partial charge in [0.2, 0.25) is 5.91 Å². The van der Waals surface area contributed by atoms with Gasteiger partial charge >= 0.3 is 0 Å². The molecule has 1 saturated heterocycles. The molecule has 0 radical (unpaired) electrons. The van der Waals surface area contributed by atoms with Gasteiger partial charge in [-0.1, -0.05) is 18.5 Å². The molecular weight excluding hydrogens is 324 g/mol. The standard InChI is InChI=1S/C19H27ClN2O2/c1-14(15-3-4-15)11-19(23)22-9-7-21(8-10-22)13-16-12-17(20)5-6-18(16)24-2/h5-6,12,14-15H,3-4,7-11,13H2,1-2H3. The molecule has 5 heteroatoms. The Bertz CT molecular complexity index is 581. The highest BCUT2D eigenvalue weighted by molar-refractivity contribution is 6.30.